The molecule has 2 aliphatic rings. The molecule has 3 heteroatoms. The molecule has 0 bridgehead atoms. The molecule has 1 amide bonds. The molecule has 20 heavy (non-hydrogen) atoms. The molecule has 1 saturated heterocycles. The molecule has 1 heterocycles. The third-order valence-corrected chi connectivity index (χ3v) is 4.66. The standard InChI is InChI=1S/C17H21NO2/c1-12-6-8-18(9-7-12)17(20)14-10-13-4-2-3-5-15(13)16(19)11-14/h2-5,12,14H,6-11H2,1H3. The first-order chi connectivity index (χ1) is 9.65. The maximum Gasteiger partial charge on any atom is 0.226 e. The first-order valence-corrected chi connectivity index (χ1v) is 7.55. The number of nitrogens with zero attached hydrogens (tertiary/aromatic N) is 1. The van der Waals surface area contributed by atoms with E-state index in [2.05, 4.69) is 6.92 Å². The fraction of sp³-hybridized carbons (Fsp3) is 0.529. The predicted molar refractivity (Wildman–Crippen MR) is 77.6 cm³/mol. The van der Waals surface area contributed by atoms with Gasteiger partial charge in [-0.1, -0.05) is 31.2 Å². The van der Waals surface area contributed by atoms with Crippen molar-refractivity contribution in [3.05, 3.63) is 35.4 Å². The van der Waals surface area contributed by atoms with Crippen molar-refractivity contribution in [1.29, 1.82) is 0 Å². The molecular weight excluding hydrogens is 250 g/mol. The average Bonchev–Trinajstić information content (AvgIpc) is 2.47. The van der Waals surface area contributed by atoms with Crippen LogP contribution in [0.25, 0.3) is 0 Å². The van der Waals surface area contributed by atoms with E-state index in [4.69, 9.17) is 0 Å². The van der Waals surface area contributed by atoms with Crippen molar-refractivity contribution in [2.45, 2.75) is 32.6 Å². The number of piperidine rings is 1. The van der Waals surface area contributed by atoms with Gasteiger partial charge >= 0.3 is 0 Å². The second-order valence-electron chi connectivity index (χ2n) is 6.19. The SMILES string of the molecule is CC1CCN(C(=O)C2CC(=O)c3ccccc3C2)CC1. The lowest BCUT2D eigenvalue weighted by atomic mass is 9.82. The quantitative estimate of drug-likeness (QED) is 0.787. The van der Waals surface area contributed by atoms with E-state index in [1.807, 2.05) is 29.2 Å². The third-order valence-electron chi connectivity index (χ3n) is 4.66. The molecule has 1 unspecified atom stereocenters. The van der Waals surface area contributed by atoms with E-state index >= 15 is 0 Å². The van der Waals surface area contributed by atoms with Crippen molar-refractivity contribution in [2.24, 2.45) is 11.8 Å². The maximum atomic E-state index is 12.6. The van der Waals surface area contributed by atoms with Crippen molar-refractivity contribution in [1.82, 2.24) is 4.90 Å². The molecule has 1 fully saturated rings. The molecular formula is C17H21NO2. The van der Waals surface area contributed by atoms with Crippen molar-refractivity contribution < 1.29 is 9.59 Å². The van der Waals surface area contributed by atoms with E-state index < -0.39 is 0 Å². The zero-order valence-corrected chi connectivity index (χ0v) is 12.0. The van der Waals surface area contributed by atoms with Crippen molar-refractivity contribution >= 4 is 11.7 Å². The summed E-state index contributed by atoms with van der Waals surface area (Å²) >= 11 is 0. The van der Waals surface area contributed by atoms with Crippen molar-refractivity contribution in [3.8, 4) is 0 Å². The molecule has 0 radical (unpaired) electrons. The van der Waals surface area contributed by atoms with Gasteiger partial charge in [0.1, 0.15) is 0 Å². The molecule has 0 N–H and O–H groups in total. The van der Waals surface area contributed by atoms with Crippen LogP contribution in [0.15, 0.2) is 24.3 Å². The first kappa shape index (κ1) is 13.3. The Bertz CT molecular complexity index is 530. The van der Waals surface area contributed by atoms with Gasteiger partial charge in [-0.05, 0) is 30.7 Å². The third kappa shape index (κ3) is 2.49. The summed E-state index contributed by atoms with van der Waals surface area (Å²) in [7, 11) is 0. The summed E-state index contributed by atoms with van der Waals surface area (Å²) < 4.78 is 0. The predicted octanol–water partition coefficient (Wildman–Crippen LogP) is 2.69. The van der Waals surface area contributed by atoms with E-state index in [1.54, 1.807) is 0 Å². The smallest absolute Gasteiger partial charge is 0.226 e. The van der Waals surface area contributed by atoms with Gasteiger partial charge in [0.05, 0.1) is 0 Å². The van der Waals surface area contributed by atoms with E-state index in [-0.39, 0.29) is 17.6 Å². The lowest BCUT2D eigenvalue weighted by Gasteiger charge is -2.34. The fourth-order valence-electron chi connectivity index (χ4n) is 3.30. The number of carbonyl (C=O) groups is 2. The summed E-state index contributed by atoms with van der Waals surface area (Å²) in [5.41, 5.74) is 1.84. The summed E-state index contributed by atoms with van der Waals surface area (Å²) in [5.74, 6) is 0.869. The minimum absolute atomic E-state index is 0.121. The van der Waals surface area contributed by atoms with E-state index in [0.717, 1.165) is 37.1 Å². The number of ketones is 1. The lowest BCUT2D eigenvalue weighted by Crippen LogP contribution is -2.43. The normalized spacial score (nSPS) is 23.6. The highest BCUT2D eigenvalue weighted by atomic mass is 16.2. The first-order valence-electron chi connectivity index (χ1n) is 7.55. The van der Waals surface area contributed by atoms with Gasteiger partial charge in [-0.25, -0.2) is 0 Å². The van der Waals surface area contributed by atoms with Gasteiger partial charge in [-0.2, -0.15) is 0 Å². The van der Waals surface area contributed by atoms with E-state index in [1.165, 1.54) is 0 Å². The molecule has 1 aliphatic heterocycles. The summed E-state index contributed by atoms with van der Waals surface area (Å²) in [4.78, 5) is 26.7. The molecule has 1 aromatic rings. The zero-order valence-electron chi connectivity index (χ0n) is 12.0. The Labute approximate surface area is 120 Å². The van der Waals surface area contributed by atoms with Gasteiger partial charge in [0.25, 0.3) is 0 Å². The Morgan fingerprint density at radius 1 is 1.15 bits per heavy atom. The number of carbonyl (C=O) groups excluding carboxylic acids is 2. The minimum Gasteiger partial charge on any atom is -0.342 e. The molecule has 1 atom stereocenters. The number of fused-ring (bicyclic) bond motifs is 1. The number of likely N-dealkylation sites (tertiary alicyclic amines) is 1. The Hall–Kier alpha value is -1.64. The highest BCUT2D eigenvalue weighted by Gasteiger charge is 2.33. The van der Waals surface area contributed by atoms with Gasteiger partial charge in [0, 0.05) is 31.0 Å². The molecule has 1 aliphatic carbocycles. The van der Waals surface area contributed by atoms with Crippen LogP contribution in [0.5, 0.6) is 0 Å². The number of Topliss-reactive ketones (excluding diaryl/α,β-unsaturated/α-hetero) is 1. The van der Waals surface area contributed by atoms with Crippen molar-refractivity contribution in [2.75, 3.05) is 13.1 Å². The van der Waals surface area contributed by atoms with Crippen LogP contribution in [0.1, 0.15) is 42.1 Å². The molecule has 3 nitrogen and oxygen atoms in total. The van der Waals surface area contributed by atoms with Crippen LogP contribution in [0, 0.1) is 11.8 Å². The molecule has 3 rings (SSSR count). The van der Waals surface area contributed by atoms with E-state index in [0.29, 0.717) is 18.8 Å². The number of amides is 1. The molecule has 0 spiro atoms. The summed E-state index contributed by atoms with van der Waals surface area (Å²) in [6, 6.07) is 7.69. The number of rotatable bonds is 1. The van der Waals surface area contributed by atoms with Crippen molar-refractivity contribution in [3.63, 3.8) is 0 Å². The Morgan fingerprint density at radius 2 is 1.85 bits per heavy atom. The van der Waals surface area contributed by atoms with Crippen LogP contribution in [-0.2, 0) is 11.2 Å². The van der Waals surface area contributed by atoms with Gasteiger partial charge < -0.3 is 4.90 Å². The second-order valence-corrected chi connectivity index (χ2v) is 6.19. The molecule has 0 aromatic heterocycles. The Balaban J connectivity index is 1.73. The van der Waals surface area contributed by atoms with Crippen LogP contribution in [0.3, 0.4) is 0 Å². The zero-order chi connectivity index (χ0) is 14.1. The highest BCUT2D eigenvalue weighted by molar-refractivity contribution is 6.01. The lowest BCUT2D eigenvalue weighted by molar-refractivity contribution is -0.136. The van der Waals surface area contributed by atoms with Crippen LogP contribution < -0.4 is 0 Å². The Morgan fingerprint density at radius 3 is 2.60 bits per heavy atom. The van der Waals surface area contributed by atoms with Gasteiger partial charge in [-0.15, -0.1) is 0 Å². The topological polar surface area (TPSA) is 37.4 Å². The van der Waals surface area contributed by atoms with Gasteiger partial charge in [0.15, 0.2) is 5.78 Å². The monoisotopic (exact) mass is 271 g/mol. The summed E-state index contributed by atoms with van der Waals surface area (Å²) in [6.45, 7) is 3.95. The van der Waals surface area contributed by atoms with Gasteiger partial charge in [0.2, 0.25) is 5.91 Å². The average molecular weight is 271 g/mol. The number of hydrogen-bond donors (Lipinski definition) is 0. The number of hydrogen-bond acceptors (Lipinski definition) is 2. The molecule has 106 valence electrons. The summed E-state index contributed by atoms with van der Waals surface area (Å²) in [5, 5.41) is 0. The van der Waals surface area contributed by atoms with Crippen LogP contribution in [0.4, 0.5) is 0 Å². The Kier molecular flexibility index (Phi) is 3.60. The summed E-state index contributed by atoms with van der Waals surface area (Å²) in [6.07, 6.45) is 3.26. The van der Waals surface area contributed by atoms with Crippen LogP contribution >= 0.6 is 0 Å². The molecule has 1 aromatic carbocycles. The second kappa shape index (κ2) is 5.39. The number of benzene rings is 1. The minimum atomic E-state index is -0.147. The van der Waals surface area contributed by atoms with E-state index in [9.17, 15) is 9.59 Å². The van der Waals surface area contributed by atoms with Crippen LogP contribution in [-0.4, -0.2) is 29.7 Å². The highest BCUT2D eigenvalue weighted by Crippen LogP contribution is 2.28. The van der Waals surface area contributed by atoms with Crippen LogP contribution in [0.2, 0.25) is 0 Å². The fourth-order valence-corrected chi connectivity index (χ4v) is 3.30. The van der Waals surface area contributed by atoms with Gasteiger partial charge in [-0.3, -0.25) is 9.59 Å². The maximum absolute atomic E-state index is 12.6. The largest absolute Gasteiger partial charge is 0.342 e. The molecule has 0 saturated carbocycles.